The molecule has 0 aromatic carbocycles. The number of hydrogen-bond donors (Lipinski definition) is 1. The maximum Gasteiger partial charge on any atom is 0.106 e. The first-order valence-electron chi connectivity index (χ1n) is 7.18. The van der Waals surface area contributed by atoms with E-state index in [-0.39, 0.29) is 5.60 Å². The molecular weight excluding hydrogens is 214 g/mol. The Morgan fingerprint density at radius 3 is 2.76 bits per heavy atom. The Kier molecular flexibility index (Phi) is 5.26. The van der Waals surface area contributed by atoms with E-state index >= 15 is 0 Å². The number of methoxy groups -OCH3 is 1. The first-order valence-corrected chi connectivity index (χ1v) is 7.18. The number of hydrogen-bond acceptors (Lipinski definition) is 3. The van der Waals surface area contributed by atoms with Crippen molar-refractivity contribution in [2.75, 3.05) is 33.4 Å². The standard InChI is InChI=1S/C14H27NO2/c1-16-14(8-10-17-12-14)11-15-9-7-13-5-3-2-4-6-13/h13,15H,2-12H2,1H3. The van der Waals surface area contributed by atoms with E-state index in [2.05, 4.69) is 5.32 Å². The minimum atomic E-state index is -0.0490. The quantitative estimate of drug-likeness (QED) is 0.724. The molecule has 1 aliphatic carbocycles. The van der Waals surface area contributed by atoms with Gasteiger partial charge in [-0.2, -0.15) is 0 Å². The zero-order chi connectivity index (χ0) is 12.0. The number of rotatable bonds is 6. The van der Waals surface area contributed by atoms with Crippen LogP contribution < -0.4 is 5.32 Å². The molecule has 0 radical (unpaired) electrons. The molecule has 100 valence electrons. The van der Waals surface area contributed by atoms with E-state index in [9.17, 15) is 0 Å². The third kappa shape index (κ3) is 3.94. The molecule has 2 aliphatic rings. The molecule has 2 rings (SSSR count). The van der Waals surface area contributed by atoms with Gasteiger partial charge in [0.15, 0.2) is 0 Å². The van der Waals surface area contributed by atoms with Crippen LogP contribution in [0.15, 0.2) is 0 Å². The van der Waals surface area contributed by atoms with Gasteiger partial charge in [-0.05, 0) is 18.9 Å². The Morgan fingerprint density at radius 1 is 1.29 bits per heavy atom. The molecule has 2 fully saturated rings. The topological polar surface area (TPSA) is 30.5 Å². The van der Waals surface area contributed by atoms with Gasteiger partial charge >= 0.3 is 0 Å². The highest BCUT2D eigenvalue weighted by Gasteiger charge is 2.34. The van der Waals surface area contributed by atoms with E-state index in [4.69, 9.17) is 9.47 Å². The zero-order valence-corrected chi connectivity index (χ0v) is 11.2. The molecule has 0 amide bonds. The summed E-state index contributed by atoms with van der Waals surface area (Å²) in [5.41, 5.74) is -0.0490. The Balaban J connectivity index is 1.58. The molecule has 1 saturated carbocycles. The average Bonchev–Trinajstić information content (AvgIpc) is 2.85. The Bertz CT molecular complexity index is 208. The molecule has 0 aromatic rings. The molecule has 0 spiro atoms. The lowest BCUT2D eigenvalue weighted by Gasteiger charge is -2.27. The van der Waals surface area contributed by atoms with Crippen molar-refractivity contribution in [3.05, 3.63) is 0 Å². The average molecular weight is 241 g/mol. The molecule has 1 heterocycles. The molecule has 0 aromatic heterocycles. The van der Waals surface area contributed by atoms with Crippen molar-refractivity contribution in [2.24, 2.45) is 5.92 Å². The molecule has 3 heteroatoms. The van der Waals surface area contributed by atoms with Gasteiger partial charge in [0.25, 0.3) is 0 Å². The van der Waals surface area contributed by atoms with E-state index in [1.807, 2.05) is 0 Å². The van der Waals surface area contributed by atoms with Gasteiger partial charge in [0.2, 0.25) is 0 Å². The Hall–Kier alpha value is -0.120. The molecule has 1 N–H and O–H groups in total. The predicted molar refractivity (Wildman–Crippen MR) is 69.2 cm³/mol. The minimum Gasteiger partial charge on any atom is -0.378 e. The molecule has 1 saturated heterocycles. The van der Waals surface area contributed by atoms with Crippen LogP contribution in [0.25, 0.3) is 0 Å². The summed E-state index contributed by atoms with van der Waals surface area (Å²) in [6, 6.07) is 0. The van der Waals surface area contributed by atoms with Gasteiger partial charge in [0.05, 0.1) is 6.61 Å². The fourth-order valence-corrected chi connectivity index (χ4v) is 3.06. The second kappa shape index (κ2) is 6.72. The SMILES string of the molecule is COC1(CNCCC2CCCCC2)CCOC1. The van der Waals surface area contributed by atoms with Gasteiger partial charge < -0.3 is 14.8 Å². The largest absolute Gasteiger partial charge is 0.378 e. The van der Waals surface area contributed by atoms with Crippen LogP contribution in [0.1, 0.15) is 44.9 Å². The summed E-state index contributed by atoms with van der Waals surface area (Å²) in [6.07, 6.45) is 9.59. The lowest BCUT2D eigenvalue weighted by atomic mass is 9.87. The monoisotopic (exact) mass is 241 g/mol. The van der Waals surface area contributed by atoms with Crippen LogP contribution in [0.3, 0.4) is 0 Å². The normalized spacial score (nSPS) is 30.9. The summed E-state index contributed by atoms with van der Waals surface area (Å²) in [6.45, 7) is 3.67. The maximum absolute atomic E-state index is 5.60. The van der Waals surface area contributed by atoms with Gasteiger partial charge in [-0.15, -0.1) is 0 Å². The van der Waals surface area contributed by atoms with E-state index in [1.54, 1.807) is 7.11 Å². The third-order valence-electron chi connectivity index (χ3n) is 4.40. The molecule has 1 aliphatic heterocycles. The van der Waals surface area contributed by atoms with Crippen LogP contribution in [0, 0.1) is 5.92 Å². The highest BCUT2D eigenvalue weighted by atomic mass is 16.5. The lowest BCUT2D eigenvalue weighted by Crippen LogP contribution is -2.43. The summed E-state index contributed by atoms with van der Waals surface area (Å²) < 4.78 is 11.0. The minimum absolute atomic E-state index is 0.0490. The van der Waals surface area contributed by atoms with Crippen LogP contribution in [0.5, 0.6) is 0 Å². The zero-order valence-electron chi connectivity index (χ0n) is 11.2. The fourth-order valence-electron chi connectivity index (χ4n) is 3.06. The number of nitrogens with one attached hydrogen (secondary N) is 1. The molecule has 1 unspecified atom stereocenters. The van der Waals surface area contributed by atoms with Crippen molar-refractivity contribution in [3.8, 4) is 0 Å². The smallest absolute Gasteiger partial charge is 0.106 e. The Labute approximate surface area is 105 Å². The van der Waals surface area contributed by atoms with E-state index in [0.29, 0.717) is 0 Å². The summed E-state index contributed by atoms with van der Waals surface area (Å²) in [4.78, 5) is 0. The van der Waals surface area contributed by atoms with Crippen LogP contribution in [-0.4, -0.2) is 39.0 Å². The summed E-state index contributed by atoms with van der Waals surface area (Å²) >= 11 is 0. The lowest BCUT2D eigenvalue weighted by molar-refractivity contribution is -0.0158. The van der Waals surface area contributed by atoms with Crippen molar-refractivity contribution >= 4 is 0 Å². The second-order valence-corrected chi connectivity index (χ2v) is 5.66. The third-order valence-corrected chi connectivity index (χ3v) is 4.40. The van der Waals surface area contributed by atoms with E-state index in [0.717, 1.165) is 38.6 Å². The highest BCUT2D eigenvalue weighted by Crippen LogP contribution is 2.26. The highest BCUT2D eigenvalue weighted by molar-refractivity contribution is 4.87. The Morgan fingerprint density at radius 2 is 2.12 bits per heavy atom. The van der Waals surface area contributed by atoms with Gasteiger partial charge in [0.1, 0.15) is 5.60 Å². The number of ether oxygens (including phenoxy) is 2. The predicted octanol–water partition coefficient (Wildman–Crippen LogP) is 2.35. The summed E-state index contributed by atoms with van der Waals surface area (Å²) in [7, 11) is 1.80. The molecule has 3 nitrogen and oxygen atoms in total. The fraction of sp³-hybridized carbons (Fsp3) is 1.00. The van der Waals surface area contributed by atoms with Crippen molar-refractivity contribution in [2.45, 2.75) is 50.5 Å². The van der Waals surface area contributed by atoms with Gasteiger partial charge in [-0.1, -0.05) is 32.1 Å². The van der Waals surface area contributed by atoms with Crippen LogP contribution in [0.2, 0.25) is 0 Å². The van der Waals surface area contributed by atoms with Gasteiger partial charge in [-0.3, -0.25) is 0 Å². The maximum atomic E-state index is 5.60. The van der Waals surface area contributed by atoms with Crippen molar-refractivity contribution in [3.63, 3.8) is 0 Å². The van der Waals surface area contributed by atoms with Crippen molar-refractivity contribution in [1.82, 2.24) is 5.32 Å². The molecule has 1 atom stereocenters. The first-order chi connectivity index (χ1) is 8.35. The molecular formula is C14H27NO2. The van der Waals surface area contributed by atoms with Crippen molar-refractivity contribution < 1.29 is 9.47 Å². The van der Waals surface area contributed by atoms with Gasteiger partial charge in [-0.25, -0.2) is 0 Å². The van der Waals surface area contributed by atoms with Crippen LogP contribution >= 0.6 is 0 Å². The summed E-state index contributed by atoms with van der Waals surface area (Å²) in [5, 5.41) is 3.56. The van der Waals surface area contributed by atoms with E-state index < -0.39 is 0 Å². The van der Waals surface area contributed by atoms with Crippen molar-refractivity contribution in [1.29, 1.82) is 0 Å². The summed E-state index contributed by atoms with van der Waals surface area (Å²) in [5.74, 6) is 0.967. The first kappa shape index (κ1) is 13.3. The van der Waals surface area contributed by atoms with Gasteiger partial charge in [0, 0.05) is 26.7 Å². The second-order valence-electron chi connectivity index (χ2n) is 5.66. The molecule has 17 heavy (non-hydrogen) atoms. The molecule has 0 bridgehead atoms. The van der Waals surface area contributed by atoms with E-state index in [1.165, 1.54) is 38.5 Å². The van der Waals surface area contributed by atoms with Crippen LogP contribution in [-0.2, 0) is 9.47 Å². The van der Waals surface area contributed by atoms with Crippen LogP contribution in [0.4, 0.5) is 0 Å².